The maximum Gasteiger partial charge on any atom is 0.239 e. The lowest BCUT2D eigenvalue weighted by atomic mass is 9.81. The molecule has 4 heteroatoms. The average Bonchev–Trinajstić information content (AvgIpc) is 2.29. The number of carbonyl (C=O) groups excluding carboxylic acids is 1. The first-order valence-electron chi connectivity index (χ1n) is 6.65. The van der Waals surface area contributed by atoms with E-state index in [1.54, 1.807) is 7.11 Å². The van der Waals surface area contributed by atoms with Gasteiger partial charge in [-0.05, 0) is 24.7 Å². The predicted octanol–water partition coefficient (Wildman–Crippen LogP) is 1.29. The normalized spacial score (nSPS) is 26.5. The fourth-order valence-corrected chi connectivity index (χ4v) is 2.61. The molecule has 0 spiro atoms. The molecule has 1 fully saturated rings. The van der Waals surface area contributed by atoms with Gasteiger partial charge in [0.1, 0.15) is 6.04 Å². The summed E-state index contributed by atoms with van der Waals surface area (Å²) in [5, 5.41) is 2.89. The highest BCUT2D eigenvalue weighted by molar-refractivity contribution is 5.81. The van der Waals surface area contributed by atoms with E-state index in [1.165, 1.54) is 25.7 Å². The summed E-state index contributed by atoms with van der Waals surface area (Å²) >= 11 is 0. The lowest BCUT2D eigenvalue weighted by Gasteiger charge is -2.26. The topological polar surface area (TPSA) is 64.3 Å². The first kappa shape index (κ1) is 14.5. The Bertz CT molecular complexity index is 233. The zero-order valence-corrected chi connectivity index (χ0v) is 11.1. The van der Waals surface area contributed by atoms with Gasteiger partial charge in [-0.15, -0.1) is 0 Å². The summed E-state index contributed by atoms with van der Waals surface area (Å²) in [7, 11) is 1.55. The van der Waals surface area contributed by atoms with Crippen molar-refractivity contribution in [3.05, 3.63) is 0 Å². The number of hydrogen-bond donors (Lipinski definition) is 2. The van der Waals surface area contributed by atoms with Crippen LogP contribution in [0.4, 0.5) is 0 Å². The Hall–Kier alpha value is -0.610. The first-order valence-corrected chi connectivity index (χ1v) is 6.65. The Morgan fingerprint density at radius 2 is 2.29 bits per heavy atom. The standard InChI is InChI=1S/C13H26N2O2/c1-10-4-3-5-11(8-10)6-7-15-13(16)12(14)9-17-2/h10-12H,3-9,14H2,1-2H3,(H,15,16). The molecule has 1 aliphatic rings. The second-order valence-electron chi connectivity index (χ2n) is 5.28. The molecule has 3 unspecified atom stereocenters. The zero-order chi connectivity index (χ0) is 12.7. The Morgan fingerprint density at radius 1 is 1.53 bits per heavy atom. The summed E-state index contributed by atoms with van der Waals surface area (Å²) in [5.74, 6) is 1.52. The number of ether oxygens (including phenoxy) is 1. The van der Waals surface area contributed by atoms with E-state index in [-0.39, 0.29) is 12.5 Å². The van der Waals surface area contributed by atoms with Gasteiger partial charge in [-0.2, -0.15) is 0 Å². The molecule has 3 N–H and O–H groups in total. The molecule has 3 atom stereocenters. The van der Waals surface area contributed by atoms with Crippen molar-refractivity contribution in [3.8, 4) is 0 Å². The molecule has 0 radical (unpaired) electrons. The van der Waals surface area contributed by atoms with Gasteiger partial charge in [-0.25, -0.2) is 0 Å². The predicted molar refractivity (Wildman–Crippen MR) is 68.6 cm³/mol. The van der Waals surface area contributed by atoms with E-state index in [9.17, 15) is 4.79 Å². The number of rotatable bonds is 6. The van der Waals surface area contributed by atoms with E-state index >= 15 is 0 Å². The molecule has 0 aromatic carbocycles. The Labute approximate surface area is 104 Å². The maximum absolute atomic E-state index is 11.5. The van der Waals surface area contributed by atoms with E-state index in [0.717, 1.165) is 24.8 Å². The fourth-order valence-electron chi connectivity index (χ4n) is 2.61. The number of amides is 1. The molecule has 0 aromatic heterocycles. The number of nitrogens with two attached hydrogens (primary N) is 1. The average molecular weight is 242 g/mol. The molecular weight excluding hydrogens is 216 g/mol. The molecule has 0 aromatic rings. The minimum Gasteiger partial charge on any atom is -0.383 e. The van der Waals surface area contributed by atoms with Crippen LogP contribution in [0, 0.1) is 11.8 Å². The Kier molecular flexibility index (Phi) is 6.52. The van der Waals surface area contributed by atoms with Crippen LogP contribution in [0.25, 0.3) is 0 Å². The van der Waals surface area contributed by atoms with E-state index < -0.39 is 6.04 Å². The van der Waals surface area contributed by atoms with Crippen LogP contribution in [0.2, 0.25) is 0 Å². The van der Waals surface area contributed by atoms with E-state index in [0.29, 0.717) is 0 Å². The van der Waals surface area contributed by atoms with Crippen LogP contribution in [0.5, 0.6) is 0 Å². The summed E-state index contributed by atoms with van der Waals surface area (Å²) in [6.45, 7) is 3.35. The second-order valence-corrected chi connectivity index (χ2v) is 5.28. The summed E-state index contributed by atoms with van der Waals surface area (Å²) in [4.78, 5) is 11.5. The summed E-state index contributed by atoms with van der Waals surface area (Å²) < 4.78 is 4.85. The lowest BCUT2D eigenvalue weighted by Crippen LogP contribution is -2.44. The molecule has 0 bridgehead atoms. The fraction of sp³-hybridized carbons (Fsp3) is 0.923. The monoisotopic (exact) mass is 242 g/mol. The van der Waals surface area contributed by atoms with Crippen LogP contribution in [0.1, 0.15) is 39.0 Å². The van der Waals surface area contributed by atoms with E-state index in [4.69, 9.17) is 10.5 Å². The van der Waals surface area contributed by atoms with Gasteiger partial charge in [-0.1, -0.05) is 26.2 Å². The summed E-state index contributed by atoms with van der Waals surface area (Å²) in [6.07, 6.45) is 6.39. The smallest absolute Gasteiger partial charge is 0.239 e. The third-order valence-corrected chi connectivity index (χ3v) is 3.58. The molecule has 0 heterocycles. The third-order valence-electron chi connectivity index (χ3n) is 3.58. The number of nitrogens with one attached hydrogen (secondary N) is 1. The largest absolute Gasteiger partial charge is 0.383 e. The lowest BCUT2D eigenvalue weighted by molar-refractivity contribution is -0.123. The van der Waals surface area contributed by atoms with Crippen molar-refractivity contribution in [1.82, 2.24) is 5.32 Å². The Morgan fingerprint density at radius 3 is 2.94 bits per heavy atom. The number of hydrogen-bond acceptors (Lipinski definition) is 3. The molecule has 100 valence electrons. The van der Waals surface area contributed by atoms with Gasteiger partial charge in [-0.3, -0.25) is 4.79 Å². The van der Waals surface area contributed by atoms with Gasteiger partial charge >= 0.3 is 0 Å². The van der Waals surface area contributed by atoms with Crippen LogP contribution in [0.15, 0.2) is 0 Å². The van der Waals surface area contributed by atoms with Crippen LogP contribution in [-0.4, -0.2) is 32.2 Å². The quantitative estimate of drug-likeness (QED) is 0.737. The van der Waals surface area contributed by atoms with Crippen LogP contribution in [-0.2, 0) is 9.53 Å². The maximum atomic E-state index is 11.5. The minimum absolute atomic E-state index is 0.101. The van der Waals surface area contributed by atoms with Crippen LogP contribution >= 0.6 is 0 Å². The summed E-state index contributed by atoms with van der Waals surface area (Å²) in [6, 6.07) is -0.537. The second kappa shape index (κ2) is 7.67. The van der Waals surface area contributed by atoms with Gasteiger partial charge in [0.2, 0.25) is 5.91 Å². The molecule has 0 aliphatic heterocycles. The Balaban J connectivity index is 2.12. The highest BCUT2D eigenvalue weighted by Crippen LogP contribution is 2.30. The van der Waals surface area contributed by atoms with Crippen molar-refractivity contribution >= 4 is 5.91 Å². The first-order chi connectivity index (χ1) is 8.13. The SMILES string of the molecule is COCC(N)C(=O)NCCC1CCCC(C)C1. The van der Waals surface area contributed by atoms with Crippen molar-refractivity contribution in [3.63, 3.8) is 0 Å². The summed E-state index contributed by atoms with van der Waals surface area (Å²) in [5.41, 5.74) is 5.63. The van der Waals surface area contributed by atoms with Crippen molar-refractivity contribution in [2.45, 2.75) is 45.1 Å². The molecule has 1 rings (SSSR count). The van der Waals surface area contributed by atoms with Gasteiger partial charge in [0.15, 0.2) is 0 Å². The number of methoxy groups -OCH3 is 1. The third kappa shape index (κ3) is 5.50. The number of carbonyl (C=O) groups is 1. The highest BCUT2D eigenvalue weighted by atomic mass is 16.5. The van der Waals surface area contributed by atoms with Gasteiger partial charge < -0.3 is 15.8 Å². The highest BCUT2D eigenvalue weighted by Gasteiger charge is 2.19. The van der Waals surface area contributed by atoms with E-state index in [2.05, 4.69) is 12.2 Å². The molecule has 0 saturated heterocycles. The van der Waals surface area contributed by atoms with Gasteiger partial charge in [0, 0.05) is 13.7 Å². The van der Waals surface area contributed by atoms with Crippen molar-refractivity contribution in [1.29, 1.82) is 0 Å². The zero-order valence-electron chi connectivity index (χ0n) is 11.1. The minimum atomic E-state index is -0.537. The molecule has 1 saturated carbocycles. The van der Waals surface area contributed by atoms with E-state index in [1.807, 2.05) is 0 Å². The van der Waals surface area contributed by atoms with Gasteiger partial charge in [0.05, 0.1) is 6.61 Å². The molecule has 17 heavy (non-hydrogen) atoms. The van der Waals surface area contributed by atoms with Crippen LogP contribution < -0.4 is 11.1 Å². The van der Waals surface area contributed by atoms with Crippen LogP contribution in [0.3, 0.4) is 0 Å². The molecular formula is C13H26N2O2. The molecule has 4 nitrogen and oxygen atoms in total. The van der Waals surface area contributed by atoms with Crippen molar-refractivity contribution in [2.75, 3.05) is 20.3 Å². The van der Waals surface area contributed by atoms with Crippen molar-refractivity contribution < 1.29 is 9.53 Å². The van der Waals surface area contributed by atoms with Crippen molar-refractivity contribution in [2.24, 2.45) is 17.6 Å². The molecule has 1 aliphatic carbocycles. The van der Waals surface area contributed by atoms with Gasteiger partial charge in [0.25, 0.3) is 0 Å². The molecule has 1 amide bonds.